The van der Waals surface area contributed by atoms with E-state index in [4.69, 9.17) is 9.51 Å². The Bertz CT molecular complexity index is 1730. The Labute approximate surface area is 233 Å². The summed E-state index contributed by atoms with van der Waals surface area (Å²) >= 11 is 0. The number of carbonyl (C=O) groups excluding carboxylic acids is 1. The van der Waals surface area contributed by atoms with Crippen molar-refractivity contribution in [3.8, 4) is 22.5 Å². The fraction of sp³-hybridized carbons (Fsp3) is 0.419. The second-order valence-electron chi connectivity index (χ2n) is 12.0. The first-order valence-corrected chi connectivity index (χ1v) is 14.0. The zero-order chi connectivity index (χ0) is 28.2. The van der Waals surface area contributed by atoms with Crippen molar-refractivity contribution in [3.63, 3.8) is 0 Å². The minimum Gasteiger partial charge on any atom is -0.336 e. The van der Waals surface area contributed by atoms with Gasteiger partial charge in [0.2, 0.25) is 5.78 Å². The molecule has 1 N–H and O–H groups in total. The van der Waals surface area contributed by atoms with E-state index in [-0.39, 0.29) is 23.0 Å². The van der Waals surface area contributed by atoms with Crippen LogP contribution in [0.2, 0.25) is 0 Å². The molecule has 0 aliphatic heterocycles. The third-order valence-electron chi connectivity index (χ3n) is 8.05. The molecule has 4 heterocycles. The normalized spacial score (nSPS) is 15.8. The first kappa shape index (κ1) is 26.1. The van der Waals surface area contributed by atoms with Crippen molar-refractivity contribution in [2.45, 2.75) is 78.1 Å². The molecule has 40 heavy (non-hydrogen) atoms. The Morgan fingerprint density at radius 2 is 1.98 bits per heavy atom. The van der Waals surface area contributed by atoms with Gasteiger partial charge < -0.3 is 9.51 Å². The van der Waals surface area contributed by atoms with E-state index < -0.39 is 0 Å². The number of nitrogens with one attached hydrogen (secondary N) is 1. The van der Waals surface area contributed by atoms with Crippen molar-refractivity contribution in [1.82, 2.24) is 34.9 Å². The summed E-state index contributed by atoms with van der Waals surface area (Å²) in [5.74, 6) is 1.48. The summed E-state index contributed by atoms with van der Waals surface area (Å²) in [5.41, 5.74) is 9.02. The number of nitrogens with zero attached hydrogens (tertiary/aromatic N) is 6. The molecule has 0 radical (unpaired) electrons. The zero-order valence-electron chi connectivity index (χ0n) is 24.0. The van der Waals surface area contributed by atoms with Gasteiger partial charge in [0, 0.05) is 36.3 Å². The highest BCUT2D eigenvalue weighted by atomic mass is 16.5. The van der Waals surface area contributed by atoms with Crippen LogP contribution in [0.1, 0.15) is 91.4 Å². The van der Waals surface area contributed by atoms with Crippen LogP contribution in [0.15, 0.2) is 35.0 Å². The molecule has 4 aromatic heterocycles. The van der Waals surface area contributed by atoms with Crippen LogP contribution < -0.4 is 0 Å². The fourth-order valence-electron chi connectivity index (χ4n) is 5.80. The molecule has 1 aliphatic rings. The zero-order valence-corrected chi connectivity index (χ0v) is 24.0. The second kappa shape index (κ2) is 9.80. The van der Waals surface area contributed by atoms with Crippen molar-refractivity contribution in [3.05, 3.63) is 64.7 Å². The quantitative estimate of drug-likeness (QED) is 0.204. The third kappa shape index (κ3) is 4.63. The summed E-state index contributed by atoms with van der Waals surface area (Å²) in [4.78, 5) is 30.5. The molecule has 9 heteroatoms. The Morgan fingerprint density at radius 3 is 2.70 bits per heavy atom. The Morgan fingerprint density at radius 1 is 1.15 bits per heavy atom. The topological polar surface area (TPSA) is 115 Å². The van der Waals surface area contributed by atoms with Crippen LogP contribution in [0, 0.1) is 13.8 Å². The van der Waals surface area contributed by atoms with Crippen molar-refractivity contribution in [1.29, 1.82) is 0 Å². The number of carbonyl (C=O) groups is 1. The summed E-state index contributed by atoms with van der Waals surface area (Å²) in [6, 6.07) is 8.66. The molecular formula is C31H35N7O2. The molecule has 1 aliphatic carbocycles. The van der Waals surface area contributed by atoms with E-state index in [1.54, 1.807) is 0 Å². The highest BCUT2D eigenvalue weighted by molar-refractivity contribution is 5.93. The van der Waals surface area contributed by atoms with E-state index in [1.807, 2.05) is 58.6 Å². The van der Waals surface area contributed by atoms with Crippen LogP contribution in [-0.4, -0.2) is 40.7 Å². The molecule has 1 atom stereocenters. The number of hydrogen-bond donors (Lipinski definition) is 1. The van der Waals surface area contributed by atoms with Gasteiger partial charge in [0.05, 0.1) is 16.8 Å². The number of aryl methyl sites for hydroxylation is 3. The summed E-state index contributed by atoms with van der Waals surface area (Å²) in [7, 11) is 1.94. The number of hydrogen-bond acceptors (Lipinski definition) is 7. The van der Waals surface area contributed by atoms with E-state index in [9.17, 15) is 4.79 Å². The third-order valence-corrected chi connectivity index (χ3v) is 8.05. The number of rotatable bonds is 5. The van der Waals surface area contributed by atoms with Gasteiger partial charge in [0.25, 0.3) is 5.89 Å². The van der Waals surface area contributed by atoms with Crippen molar-refractivity contribution >= 4 is 16.9 Å². The largest absolute Gasteiger partial charge is 0.336 e. The van der Waals surface area contributed by atoms with Crippen molar-refractivity contribution in [2.24, 2.45) is 7.05 Å². The fourth-order valence-corrected chi connectivity index (χ4v) is 5.80. The van der Waals surface area contributed by atoms with Gasteiger partial charge in [-0.1, -0.05) is 50.5 Å². The van der Waals surface area contributed by atoms with Gasteiger partial charge in [-0.05, 0) is 61.8 Å². The Balaban J connectivity index is 1.32. The number of pyridine rings is 1. The highest BCUT2D eigenvalue weighted by Gasteiger charge is 2.28. The van der Waals surface area contributed by atoms with Gasteiger partial charge in [0.1, 0.15) is 5.82 Å². The first-order chi connectivity index (χ1) is 19.1. The number of imidazole rings is 1. The van der Waals surface area contributed by atoms with Gasteiger partial charge in [-0.15, -0.1) is 0 Å². The van der Waals surface area contributed by atoms with Crippen LogP contribution in [0.5, 0.6) is 0 Å². The molecule has 5 aromatic rings. The molecule has 0 spiro atoms. The molecule has 0 saturated heterocycles. The van der Waals surface area contributed by atoms with Gasteiger partial charge in [-0.2, -0.15) is 10.1 Å². The van der Waals surface area contributed by atoms with Gasteiger partial charge >= 0.3 is 0 Å². The number of ketones is 1. The van der Waals surface area contributed by atoms with Crippen LogP contribution in [0.25, 0.3) is 33.7 Å². The van der Waals surface area contributed by atoms with Gasteiger partial charge in [-0.3, -0.25) is 9.48 Å². The smallest absolute Gasteiger partial charge is 0.294 e. The molecule has 1 aromatic carbocycles. The lowest BCUT2D eigenvalue weighted by atomic mass is 9.87. The monoisotopic (exact) mass is 537 g/mol. The van der Waals surface area contributed by atoms with Gasteiger partial charge in [-0.25, -0.2) is 9.97 Å². The summed E-state index contributed by atoms with van der Waals surface area (Å²) in [6.07, 6.45) is 6.30. The maximum atomic E-state index is 13.2. The lowest BCUT2D eigenvalue weighted by Crippen LogP contribution is -2.14. The van der Waals surface area contributed by atoms with Crippen LogP contribution in [0.3, 0.4) is 0 Å². The van der Waals surface area contributed by atoms with E-state index in [2.05, 4.69) is 43.4 Å². The minimum atomic E-state index is -0.267. The van der Waals surface area contributed by atoms with E-state index in [0.29, 0.717) is 17.9 Å². The predicted octanol–water partition coefficient (Wildman–Crippen LogP) is 6.41. The minimum absolute atomic E-state index is 0.0910. The van der Waals surface area contributed by atoms with Crippen LogP contribution in [0.4, 0.5) is 0 Å². The number of benzene rings is 1. The number of H-pyrrole nitrogens is 1. The standard InChI is InChI=1S/C31H35N7O2/c1-17-25(18(2)38(6)36-17)27-33-26-23(13-14-32-28(26)34-27)21-11-12-22-19(15-21)9-7-8-10-20(22)16-24(39)29-35-30(37-40-29)31(3,4)5/h11-15,20H,7-10,16H2,1-6H3,(H,32,33,34)/t20-/m0/s1. The summed E-state index contributed by atoms with van der Waals surface area (Å²) in [6.45, 7) is 10.1. The Kier molecular flexibility index (Phi) is 6.40. The molecule has 6 rings (SSSR count). The lowest BCUT2D eigenvalue weighted by molar-refractivity contribution is 0.0929. The lowest BCUT2D eigenvalue weighted by Gasteiger charge is -2.17. The molecule has 0 saturated carbocycles. The average molecular weight is 538 g/mol. The predicted molar refractivity (Wildman–Crippen MR) is 153 cm³/mol. The highest BCUT2D eigenvalue weighted by Crippen LogP contribution is 2.38. The van der Waals surface area contributed by atoms with Crippen LogP contribution in [-0.2, 0) is 18.9 Å². The molecule has 0 fully saturated rings. The summed E-state index contributed by atoms with van der Waals surface area (Å²) < 4.78 is 7.23. The van der Waals surface area contributed by atoms with Crippen molar-refractivity contribution in [2.75, 3.05) is 0 Å². The Hall–Kier alpha value is -4.14. The molecular weight excluding hydrogens is 502 g/mol. The molecule has 0 amide bonds. The maximum Gasteiger partial charge on any atom is 0.294 e. The van der Waals surface area contributed by atoms with E-state index in [1.165, 1.54) is 11.1 Å². The van der Waals surface area contributed by atoms with Crippen LogP contribution >= 0.6 is 0 Å². The maximum absolute atomic E-state index is 13.2. The number of aromatic amines is 1. The average Bonchev–Trinajstić information content (AvgIpc) is 3.59. The first-order valence-electron chi connectivity index (χ1n) is 14.0. The number of aromatic nitrogens is 7. The van der Waals surface area contributed by atoms with Gasteiger partial charge in [0.15, 0.2) is 11.5 Å². The van der Waals surface area contributed by atoms with E-state index >= 15 is 0 Å². The SMILES string of the molecule is Cc1nn(C)c(C)c1-c1nc2nccc(-c3ccc4c(c3)CCCC[C@H]4CC(=O)c3nc(C(C)(C)C)no3)c2[nH]1. The molecule has 9 nitrogen and oxygen atoms in total. The molecule has 0 unspecified atom stereocenters. The van der Waals surface area contributed by atoms with Crippen molar-refractivity contribution < 1.29 is 9.32 Å². The second-order valence-corrected chi connectivity index (χ2v) is 12.0. The molecule has 206 valence electrons. The number of fused-ring (bicyclic) bond motifs is 2. The molecule has 0 bridgehead atoms. The number of Topliss-reactive ketones (excluding diaryl/α,β-unsaturated/α-hetero) is 1. The van der Waals surface area contributed by atoms with E-state index in [0.717, 1.165) is 65.1 Å². The summed E-state index contributed by atoms with van der Waals surface area (Å²) in [5, 5.41) is 8.59.